The average molecular weight is 243 g/mol. The normalized spacial score (nSPS) is 20.4. The first-order valence-corrected chi connectivity index (χ1v) is 6.65. The van der Waals surface area contributed by atoms with Gasteiger partial charge in [0.25, 0.3) is 0 Å². The molecule has 0 aliphatic carbocycles. The first kappa shape index (κ1) is 11.9. The first-order chi connectivity index (χ1) is 7.88. The second kappa shape index (κ2) is 6.22. The highest BCUT2D eigenvalue weighted by Gasteiger charge is 2.15. The molecule has 0 amide bonds. The molecule has 1 aromatic rings. The Hall–Kier alpha value is -0.590. The summed E-state index contributed by atoms with van der Waals surface area (Å²) in [6, 6.07) is 0.597. The monoisotopic (exact) mass is 243 g/mol. The van der Waals surface area contributed by atoms with Crippen molar-refractivity contribution < 1.29 is 9.26 Å². The predicted molar refractivity (Wildman–Crippen MR) is 62.4 cm³/mol. The van der Waals surface area contributed by atoms with E-state index in [4.69, 9.17) is 9.26 Å². The van der Waals surface area contributed by atoms with Gasteiger partial charge in [-0.05, 0) is 12.2 Å². The van der Waals surface area contributed by atoms with Crippen molar-refractivity contribution in [3.05, 3.63) is 11.7 Å². The molecule has 1 aliphatic rings. The van der Waals surface area contributed by atoms with Crippen LogP contribution in [0.5, 0.6) is 0 Å². The lowest BCUT2D eigenvalue weighted by Crippen LogP contribution is -2.28. The van der Waals surface area contributed by atoms with E-state index in [-0.39, 0.29) is 0 Å². The second-order valence-corrected chi connectivity index (χ2v) is 4.94. The van der Waals surface area contributed by atoms with Gasteiger partial charge in [0.2, 0.25) is 5.89 Å². The zero-order valence-corrected chi connectivity index (χ0v) is 10.3. The Morgan fingerprint density at radius 2 is 2.56 bits per heavy atom. The van der Waals surface area contributed by atoms with E-state index >= 15 is 0 Å². The number of hydrogen-bond acceptors (Lipinski definition) is 6. The lowest BCUT2D eigenvalue weighted by atomic mass is 10.3. The molecule has 0 bridgehead atoms. The van der Waals surface area contributed by atoms with E-state index in [2.05, 4.69) is 15.5 Å². The maximum absolute atomic E-state index is 5.14. The number of aromatic nitrogens is 2. The molecule has 6 heteroatoms. The molecular formula is C10H17N3O2S. The molecular weight excluding hydrogens is 226 g/mol. The summed E-state index contributed by atoms with van der Waals surface area (Å²) >= 11 is 1.99. The fourth-order valence-electron chi connectivity index (χ4n) is 1.58. The van der Waals surface area contributed by atoms with Crippen LogP contribution < -0.4 is 5.32 Å². The van der Waals surface area contributed by atoms with E-state index < -0.39 is 0 Å². The van der Waals surface area contributed by atoms with Crippen molar-refractivity contribution in [2.75, 3.05) is 25.2 Å². The van der Waals surface area contributed by atoms with E-state index in [1.807, 2.05) is 11.8 Å². The molecule has 0 aromatic carbocycles. The SMILES string of the molecule is COCCc1noc(CN[C@H]2CCSC2)n1. The van der Waals surface area contributed by atoms with Gasteiger partial charge in [-0.3, -0.25) is 0 Å². The Balaban J connectivity index is 1.73. The number of rotatable bonds is 6. The van der Waals surface area contributed by atoms with E-state index in [9.17, 15) is 0 Å². The average Bonchev–Trinajstić information content (AvgIpc) is 2.95. The van der Waals surface area contributed by atoms with Crippen LogP contribution in [0.4, 0.5) is 0 Å². The minimum Gasteiger partial charge on any atom is -0.384 e. The van der Waals surface area contributed by atoms with Gasteiger partial charge >= 0.3 is 0 Å². The van der Waals surface area contributed by atoms with Crippen molar-refractivity contribution in [3.63, 3.8) is 0 Å². The summed E-state index contributed by atoms with van der Waals surface area (Å²) in [5.74, 6) is 3.83. The number of nitrogens with one attached hydrogen (secondary N) is 1. The standard InChI is InChI=1S/C10H17N3O2S/c1-14-4-2-9-12-10(15-13-9)6-11-8-3-5-16-7-8/h8,11H,2-7H2,1H3/t8-/m0/s1. The summed E-state index contributed by atoms with van der Waals surface area (Å²) in [6.07, 6.45) is 1.94. The van der Waals surface area contributed by atoms with E-state index in [0.29, 0.717) is 31.5 Å². The first-order valence-electron chi connectivity index (χ1n) is 5.50. The van der Waals surface area contributed by atoms with E-state index in [1.54, 1.807) is 7.11 Å². The molecule has 1 saturated heterocycles. The quantitative estimate of drug-likeness (QED) is 0.799. The van der Waals surface area contributed by atoms with E-state index in [0.717, 1.165) is 5.82 Å². The zero-order valence-electron chi connectivity index (χ0n) is 9.44. The third-order valence-electron chi connectivity index (χ3n) is 2.51. The minimum absolute atomic E-state index is 0.597. The maximum Gasteiger partial charge on any atom is 0.240 e. The van der Waals surface area contributed by atoms with Gasteiger partial charge in [-0.15, -0.1) is 0 Å². The van der Waals surface area contributed by atoms with Crippen LogP contribution in [-0.4, -0.2) is 41.4 Å². The van der Waals surface area contributed by atoms with E-state index in [1.165, 1.54) is 17.9 Å². The highest BCUT2D eigenvalue weighted by Crippen LogP contribution is 2.17. The Morgan fingerprint density at radius 1 is 1.62 bits per heavy atom. The topological polar surface area (TPSA) is 60.2 Å². The van der Waals surface area contributed by atoms with Crippen molar-refractivity contribution >= 4 is 11.8 Å². The molecule has 1 aliphatic heterocycles. The summed E-state index contributed by atoms with van der Waals surface area (Å²) in [5, 5.41) is 7.31. The highest BCUT2D eigenvalue weighted by molar-refractivity contribution is 7.99. The molecule has 16 heavy (non-hydrogen) atoms. The van der Waals surface area contributed by atoms with Crippen molar-refractivity contribution in [2.45, 2.75) is 25.4 Å². The molecule has 2 heterocycles. The fraction of sp³-hybridized carbons (Fsp3) is 0.800. The van der Waals surface area contributed by atoms with Gasteiger partial charge in [0.15, 0.2) is 5.82 Å². The minimum atomic E-state index is 0.597. The molecule has 0 radical (unpaired) electrons. The van der Waals surface area contributed by atoms with Crippen molar-refractivity contribution in [1.29, 1.82) is 0 Å². The molecule has 0 spiro atoms. The summed E-state index contributed by atoms with van der Waals surface area (Å²) in [6.45, 7) is 1.30. The smallest absolute Gasteiger partial charge is 0.240 e. The van der Waals surface area contributed by atoms with Crippen LogP contribution in [0.3, 0.4) is 0 Å². The number of nitrogens with zero attached hydrogens (tertiary/aromatic N) is 2. The van der Waals surface area contributed by atoms with Gasteiger partial charge in [0, 0.05) is 25.3 Å². The molecule has 1 atom stereocenters. The molecule has 0 unspecified atom stereocenters. The Morgan fingerprint density at radius 3 is 3.31 bits per heavy atom. The van der Waals surface area contributed by atoms with Crippen LogP contribution in [0.15, 0.2) is 4.52 Å². The predicted octanol–water partition coefficient (Wildman–Crippen LogP) is 0.854. The largest absolute Gasteiger partial charge is 0.384 e. The Bertz CT molecular complexity index is 313. The van der Waals surface area contributed by atoms with Gasteiger partial charge in [-0.25, -0.2) is 0 Å². The third kappa shape index (κ3) is 3.47. The van der Waals surface area contributed by atoms with Crippen LogP contribution in [0, 0.1) is 0 Å². The van der Waals surface area contributed by atoms with Crippen LogP contribution >= 0.6 is 11.8 Å². The fourth-order valence-corrected chi connectivity index (χ4v) is 2.77. The van der Waals surface area contributed by atoms with Crippen molar-refractivity contribution in [2.24, 2.45) is 0 Å². The summed E-state index contributed by atoms with van der Waals surface area (Å²) in [5.41, 5.74) is 0. The maximum atomic E-state index is 5.14. The summed E-state index contributed by atoms with van der Waals surface area (Å²) < 4.78 is 10.1. The molecule has 5 nitrogen and oxygen atoms in total. The second-order valence-electron chi connectivity index (χ2n) is 3.79. The van der Waals surface area contributed by atoms with Crippen LogP contribution in [-0.2, 0) is 17.7 Å². The lowest BCUT2D eigenvalue weighted by molar-refractivity contribution is 0.199. The van der Waals surface area contributed by atoms with Gasteiger partial charge in [0.05, 0.1) is 13.2 Å². The number of methoxy groups -OCH3 is 1. The number of thioether (sulfide) groups is 1. The molecule has 1 fully saturated rings. The van der Waals surface area contributed by atoms with Gasteiger partial charge < -0.3 is 14.6 Å². The van der Waals surface area contributed by atoms with Gasteiger partial charge in [-0.1, -0.05) is 5.16 Å². The van der Waals surface area contributed by atoms with Gasteiger partial charge in [-0.2, -0.15) is 16.7 Å². The Kier molecular flexibility index (Phi) is 4.62. The third-order valence-corrected chi connectivity index (χ3v) is 3.67. The van der Waals surface area contributed by atoms with Crippen LogP contribution in [0.25, 0.3) is 0 Å². The lowest BCUT2D eigenvalue weighted by Gasteiger charge is -2.07. The van der Waals surface area contributed by atoms with Crippen LogP contribution in [0.1, 0.15) is 18.1 Å². The highest BCUT2D eigenvalue weighted by atomic mass is 32.2. The van der Waals surface area contributed by atoms with Crippen molar-refractivity contribution in [1.82, 2.24) is 15.5 Å². The molecule has 2 rings (SSSR count). The zero-order chi connectivity index (χ0) is 11.2. The number of hydrogen-bond donors (Lipinski definition) is 1. The molecule has 1 N–H and O–H groups in total. The molecule has 0 saturated carbocycles. The Labute approximate surface area is 99.3 Å². The van der Waals surface area contributed by atoms with Crippen molar-refractivity contribution in [3.8, 4) is 0 Å². The van der Waals surface area contributed by atoms with Gasteiger partial charge in [0.1, 0.15) is 0 Å². The molecule has 90 valence electrons. The summed E-state index contributed by atoms with van der Waals surface area (Å²) in [4.78, 5) is 4.28. The molecule has 1 aromatic heterocycles. The van der Waals surface area contributed by atoms with Crippen LogP contribution in [0.2, 0.25) is 0 Å². The number of ether oxygens (including phenoxy) is 1. The summed E-state index contributed by atoms with van der Waals surface area (Å²) in [7, 11) is 1.67.